The highest BCUT2D eigenvalue weighted by atomic mass is 32.1. The molecule has 6 nitrogen and oxygen atoms in total. The Morgan fingerprint density at radius 3 is 2.69 bits per heavy atom. The Bertz CT molecular complexity index is 427. The maximum atomic E-state index is 11.7. The van der Waals surface area contributed by atoms with Gasteiger partial charge in [-0.05, 0) is 12.2 Å². The van der Waals surface area contributed by atoms with Crippen molar-refractivity contribution in [2.24, 2.45) is 0 Å². The Kier molecular flexibility index (Phi) is 3.51. The minimum Gasteiger partial charge on any atom is -0.478 e. The van der Waals surface area contributed by atoms with Gasteiger partial charge in [0.1, 0.15) is 5.57 Å². The highest BCUT2D eigenvalue weighted by molar-refractivity contribution is 7.80. The number of carbonyl (C=O) groups is 3. The molecule has 1 aliphatic heterocycles. The van der Waals surface area contributed by atoms with Gasteiger partial charge in [0.05, 0.1) is 0 Å². The smallest absolute Gasteiger partial charge is 0.329 e. The average molecular weight is 240 g/mol. The molecule has 0 aromatic carbocycles. The highest BCUT2D eigenvalue weighted by Crippen LogP contribution is 2.09. The summed E-state index contributed by atoms with van der Waals surface area (Å²) < 4.78 is 0. The lowest BCUT2D eigenvalue weighted by molar-refractivity contribution is -0.134. The van der Waals surface area contributed by atoms with Crippen LogP contribution in [0.3, 0.4) is 0 Å². The summed E-state index contributed by atoms with van der Waals surface area (Å²) in [5.41, 5.74) is -0.456. The fraction of sp³-hybridized carbons (Fsp3) is 0.111. The van der Waals surface area contributed by atoms with Crippen molar-refractivity contribution < 1.29 is 19.5 Å². The van der Waals surface area contributed by atoms with Crippen LogP contribution < -0.4 is 5.32 Å². The van der Waals surface area contributed by atoms with E-state index in [9.17, 15) is 14.4 Å². The number of aliphatic carboxylic acids is 1. The van der Waals surface area contributed by atoms with E-state index in [-0.39, 0.29) is 11.7 Å². The Hall–Kier alpha value is -2.02. The summed E-state index contributed by atoms with van der Waals surface area (Å²) in [6.45, 7) is 3.53. The summed E-state index contributed by atoms with van der Waals surface area (Å²) in [5.74, 6) is -2.92. The van der Waals surface area contributed by atoms with E-state index in [2.05, 4.69) is 11.9 Å². The molecule has 0 atom stereocenters. The highest BCUT2D eigenvalue weighted by Gasteiger charge is 2.33. The van der Waals surface area contributed by atoms with Crippen molar-refractivity contribution in [1.82, 2.24) is 10.2 Å². The van der Waals surface area contributed by atoms with Crippen LogP contribution in [0.4, 0.5) is 0 Å². The number of carboxylic acid groups (broad SMARTS) is 1. The first-order chi connectivity index (χ1) is 7.47. The third-order valence-electron chi connectivity index (χ3n) is 1.77. The number of hydrogen-bond donors (Lipinski definition) is 2. The molecule has 0 aromatic rings. The monoisotopic (exact) mass is 240 g/mol. The van der Waals surface area contributed by atoms with Crippen LogP contribution in [0.5, 0.6) is 0 Å². The first-order valence-electron chi connectivity index (χ1n) is 4.20. The van der Waals surface area contributed by atoms with Gasteiger partial charge in [0.2, 0.25) is 0 Å². The quantitative estimate of drug-likeness (QED) is 0.298. The normalized spacial score (nSPS) is 18.6. The van der Waals surface area contributed by atoms with Gasteiger partial charge in [-0.1, -0.05) is 6.08 Å². The van der Waals surface area contributed by atoms with E-state index in [1.54, 1.807) is 0 Å². The summed E-state index contributed by atoms with van der Waals surface area (Å²) in [7, 11) is 0. The molecule has 0 aromatic heterocycles. The fourth-order valence-electron chi connectivity index (χ4n) is 1.11. The van der Waals surface area contributed by atoms with E-state index in [0.717, 1.165) is 4.90 Å². The molecule has 2 amide bonds. The number of rotatable bonds is 3. The first-order valence-corrected chi connectivity index (χ1v) is 4.61. The molecule has 1 heterocycles. The zero-order chi connectivity index (χ0) is 12.3. The first kappa shape index (κ1) is 12.1. The van der Waals surface area contributed by atoms with Gasteiger partial charge in [-0.25, -0.2) is 4.79 Å². The van der Waals surface area contributed by atoms with Crippen LogP contribution in [0, 0.1) is 0 Å². The summed E-state index contributed by atoms with van der Waals surface area (Å²) in [4.78, 5) is 34.4. The van der Waals surface area contributed by atoms with Crippen LogP contribution in [-0.4, -0.2) is 39.4 Å². The maximum Gasteiger partial charge on any atom is 0.329 e. The van der Waals surface area contributed by atoms with Gasteiger partial charge in [-0.2, -0.15) is 0 Å². The second kappa shape index (κ2) is 4.67. The zero-order valence-electron chi connectivity index (χ0n) is 8.10. The molecule has 0 radical (unpaired) electrons. The van der Waals surface area contributed by atoms with E-state index >= 15 is 0 Å². The van der Waals surface area contributed by atoms with Gasteiger partial charge >= 0.3 is 5.97 Å². The Morgan fingerprint density at radius 1 is 1.56 bits per heavy atom. The standard InChI is InChI=1S/C9H8N2O4S/c1-2-3-11-8(15)5(4-6(12)13)7(14)10-9(11)16/h2,4H,1,3H2,(H,12,13)(H,10,14,16)/b5-4+. The Morgan fingerprint density at radius 2 is 2.19 bits per heavy atom. The van der Waals surface area contributed by atoms with E-state index in [1.165, 1.54) is 6.08 Å². The maximum absolute atomic E-state index is 11.7. The molecule has 16 heavy (non-hydrogen) atoms. The summed E-state index contributed by atoms with van der Waals surface area (Å²) in [6.07, 6.45) is 1.97. The fourth-order valence-corrected chi connectivity index (χ4v) is 1.36. The molecule has 0 spiro atoms. The molecule has 84 valence electrons. The van der Waals surface area contributed by atoms with Gasteiger partial charge in [0.15, 0.2) is 5.11 Å². The van der Waals surface area contributed by atoms with Crippen molar-refractivity contribution in [2.45, 2.75) is 0 Å². The molecule has 1 rings (SSSR count). The number of nitrogens with zero attached hydrogens (tertiary/aromatic N) is 1. The minimum atomic E-state index is -1.37. The second-order valence-electron chi connectivity index (χ2n) is 2.86. The largest absolute Gasteiger partial charge is 0.478 e. The van der Waals surface area contributed by atoms with Gasteiger partial charge in [-0.15, -0.1) is 6.58 Å². The topological polar surface area (TPSA) is 86.7 Å². The van der Waals surface area contributed by atoms with E-state index in [1.807, 2.05) is 0 Å². The van der Waals surface area contributed by atoms with E-state index < -0.39 is 23.4 Å². The van der Waals surface area contributed by atoms with Crippen LogP contribution in [0.25, 0.3) is 0 Å². The molecule has 1 saturated heterocycles. The lowest BCUT2D eigenvalue weighted by Crippen LogP contribution is -2.54. The molecule has 0 bridgehead atoms. The number of amides is 2. The number of nitrogens with one attached hydrogen (secondary N) is 1. The molecule has 0 unspecified atom stereocenters. The zero-order valence-corrected chi connectivity index (χ0v) is 8.91. The third-order valence-corrected chi connectivity index (χ3v) is 2.09. The van der Waals surface area contributed by atoms with Crippen LogP contribution in [0.1, 0.15) is 0 Å². The Balaban J connectivity index is 3.08. The molecule has 7 heteroatoms. The summed E-state index contributed by atoms with van der Waals surface area (Å²) in [6, 6.07) is 0. The van der Waals surface area contributed by atoms with Gasteiger partial charge in [0, 0.05) is 12.6 Å². The molecule has 1 aliphatic rings. The lowest BCUT2D eigenvalue weighted by Gasteiger charge is -2.27. The SMILES string of the molecule is C=CCN1C(=O)/C(=C/C(=O)O)C(=O)NC1=S. The molecular formula is C9H8N2O4S. The van der Waals surface area contributed by atoms with Crippen molar-refractivity contribution in [2.75, 3.05) is 6.54 Å². The predicted octanol–water partition coefficient (Wildman–Crippen LogP) is -0.573. The second-order valence-corrected chi connectivity index (χ2v) is 3.25. The summed E-state index contributed by atoms with van der Waals surface area (Å²) >= 11 is 4.76. The van der Waals surface area contributed by atoms with Crippen LogP contribution in [-0.2, 0) is 14.4 Å². The molecule has 2 N–H and O–H groups in total. The van der Waals surface area contributed by atoms with Crippen molar-refractivity contribution in [3.63, 3.8) is 0 Å². The molecular weight excluding hydrogens is 232 g/mol. The average Bonchev–Trinajstić information content (AvgIpc) is 2.19. The van der Waals surface area contributed by atoms with Crippen LogP contribution in [0.2, 0.25) is 0 Å². The van der Waals surface area contributed by atoms with E-state index in [0.29, 0.717) is 6.08 Å². The van der Waals surface area contributed by atoms with Gasteiger partial charge in [0.25, 0.3) is 11.8 Å². The number of hydrogen-bond acceptors (Lipinski definition) is 4. The van der Waals surface area contributed by atoms with E-state index in [4.69, 9.17) is 17.3 Å². The van der Waals surface area contributed by atoms with Gasteiger partial charge in [-0.3, -0.25) is 19.8 Å². The molecule has 0 aliphatic carbocycles. The van der Waals surface area contributed by atoms with Crippen molar-refractivity contribution in [3.8, 4) is 0 Å². The van der Waals surface area contributed by atoms with Crippen molar-refractivity contribution in [3.05, 3.63) is 24.3 Å². The third kappa shape index (κ3) is 2.31. The lowest BCUT2D eigenvalue weighted by atomic mass is 10.1. The van der Waals surface area contributed by atoms with Crippen LogP contribution >= 0.6 is 12.2 Å². The molecule has 0 saturated carbocycles. The number of thiocarbonyl (C=S) groups is 1. The predicted molar refractivity (Wildman–Crippen MR) is 58.4 cm³/mol. The minimum absolute atomic E-state index is 0.0579. The van der Waals surface area contributed by atoms with Gasteiger partial charge < -0.3 is 5.11 Å². The number of carbonyl (C=O) groups excluding carboxylic acids is 2. The number of carboxylic acids is 1. The Labute approximate surface area is 96.2 Å². The summed E-state index contributed by atoms with van der Waals surface area (Å²) in [5, 5.41) is 10.7. The van der Waals surface area contributed by atoms with Crippen molar-refractivity contribution >= 4 is 35.1 Å². The van der Waals surface area contributed by atoms with Crippen molar-refractivity contribution in [1.29, 1.82) is 0 Å². The molecule has 1 fully saturated rings. The van der Waals surface area contributed by atoms with Crippen LogP contribution in [0.15, 0.2) is 24.3 Å².